The Labute approximate surface area is 63.8 Å². The Bertz CT molecular complexity index is 98.9. The quantitative estimate of drug-likeness (QED) is 0.576. The largest absolute Gasteiger partial charge is 0.375 e. The zero-order valence-electron chi connectivity index (χ0n) is 7.26. The smallest absolute Gasteiger partial charge is 0.0604 e. The van der Waals surface area contributed by atoms with Crippen molar-refractivity contribution < 1.29 is 4.74 Å². The van der Waals surface area contributed by atoms with Gasteiger partial charge in [0.05, 0.1) is 12.2 Å². The van der Waals surface area contributed by atoms with Crippen molar-refractivity contribution >= 4 is 0 Å². The maximum atomic E-state index is 5.72. The Kier molecular flexibility index (Phi) is 2.72. The molecule has 10 heavy (non-hydrogen) atoms. The lowest BCUT2D eigenvalue weighted by atomic mass is 10.1. The highest BCUT2D eigenvalue weighted by atomic mass is 16.5. The monoisotopic (exact) mass is 142 g/mol. The van der Waals surface area contributed by atoms with Gasteiger partial charge in [-0.05, 0) is 32.6 Å². The summed E-state index contributed by atoms with van der Waals surface area (Å²) in [5.74, 6) is 0.794. The summed E-state index contributed by atoms with van der Waals surface area (Å²) >= 11 is 0. The van der Waals surface area contributed by atoms with E-state index in [0.717, 1.165) is 5.92 Å². The lowest BCUT2D eigenvalue weighted by Gasteiger charge is -2.18. The fraction of sp³-hybridized carbons (Fsp3) is 1.00. The molecule has 0 aromatic rings. The summed E-state index contributed by atoms with van der Waals surface area (Å²) in [6.07, 6.45) is 4.96. The van der Waals surface area contributed by atoms with E-state index in [1.54, 1.807) is 0 Å². The standard InChI is InChI=1S/C9H18O/c1-7(2)10-9-6-4-5-8(9)3/h7-9H,4-6H2,1-3H3/t8-,9-/m1/s1. The predicted molar refractivity (Wildman–Crippen MR) is 43.0 cm³/mol. The van der Waals surface area contributed by atoms with Crippen LogP contribution in [0.4, 0.5) is 0 Å². The molecule has 0 radical (unpaired) electrons. The summed E-state index contributed by atoms with van der Waals surface area (Å²) in [6, 6.07) is 0. The van der Waals surface area contributed by atoms with Crippen molar-refractivity contribution in [3.8, 4) is 0 Å². The molecule has 1 rings (SSSR count). The molecule has 1 saturated carbocycles. The summed E-state index contributed by atoms with van der Waals surface area (Å²) in [6.45, 7) is 6.52. The summed E-state index contributed by atoms with van der Waals surface area (Å²) in [4.78, 5) is 0. The van der Waals surface area contributed by atoms with Crippen LogP contribution < -0.4 is 0 Å². The second-order valence-electron chi connectivity index (χ2n) is 3.63. The summed E-state index contributed by atoms with van der Waals surface area (Å²) < 4.78 is 5.72. The molecule has 0 spiro atoms. The molecule has 0 saturated heterocycles. The van der Waals surface area contributed by atoms with E-state index in [-0.39, 0.29) is 0 Å². The number of hydrogen-bond donors (Lipinski definition) is 0. The van der Waals surface area contributed by atoms with Crippen LogP contribution in [0.25, 0.3) is 0 Å². The van der Waals surface area contributed by atoms with E-state index in [1.807, 2.05) is 0 Å². The van der Waals surface area contributed by atoms with Crippen LogP contribution in [-0.4, -0.2) is 12.2 Å². The highest BCUT2D eigenvalue weighted by Crippen LogP contribution is 2.28. The van der Waals surface area contributed by atoms with Crippen LogP contribution in [0.2, 0.25) is 0 Å². The van der Waals surface area contributed by atoms with Gasteiger partial charge in [0.15, 0.2) is 0 Å². The number of hydrogen-bond acceptors (Lipinski definition) is 1. The number of rotatable bonds is 2. The van der Waals surface area contributed by atoms with Gasteiger partial charge in [0.1, 0.15) is 0 Å². The van der Waals surface area contributed by atoms with Crippen molar-refractivity contribution in [1.29, 1.82) is 0 Å². The third kappa shape index (κ3) is 1.98. The predicted octanol–water partition coefficient (Wildman–Crippen LogP) is 2.60. The Balaban J connectivity index is 2.26. The third-order valence-corrected chi connectivity index (χ3v) is 2.23. The van der Waals surface area contributed by atoms with E-state index in [1.165, 1.54) is 19.3 Å². The van der Waals surface area contributed by atoms with Gasteiger partial charge in [-0.1, -0.05) is 13.3 Å². The first-order valence-electron chi connectivity index (χ1n) is 4.35. The second-order valence-corrected chi connectivity index (χ2v) is 3.63. The van der Waals surface area contributed by atoms with Gasteiger partial charge in [0.25, 0.3) is 0 Å². The Morgan fingerprint density at radius 1 is 1.30 bits per heavy atom. The molecule has 0 heterocycles. The molecule has 0 aromatic carbocycles. The first-order valence-corrected chi connectivity index (χ1v) is 4.35. The molecule has 1 aliphatic carbocycles. The van der Waals surface area contributed by atoms with E-state index < -0.39 is 0 Å². The molecule has 0 N–H and O–H groups in total. The summed E-state index contributed by atoms with van der Waals surface area (Å²) in [5, 5.41) is 0. The lowest BCUT2D eigenvalue weighted by molar-refractivity contribution is -0.00908. The van der Waals surface area contributed by atoms with Crippen molar-refractivity contribution in [1.82, 2.24) is 0 Å². The minimum atomic E-state index is 0.408. The third-order valence-electron chi connectivity index (χ3n) is 2.23. The van der Waals surface area contributed by atoms with E-state index >= 15 is 0 Å². The zero-order valence-corrected chi connectivity index (χ0v) is 7.26. The van der Waals surface area contributed by atoms with Crippen LogP contribution in [0, 0.1) is 5.92 Å². The molecule has 0 amide bonds. The normalized spacial score (nSPS) is 33.6. The number of ether oxygens (including phenoxy) is 1. The fourth-order valence-electron chi connectivity index (χ4n) is 1.66. The second kappa shape index (κ2) is 3.38. The molecule has 1 aliphatic rings. The van der Waals surface area contributed by atoms with Crippen LogP contribution in [0.3, 0.4) is 0 Å². The summed E-state index contributed by atoms with van der Waals surface area (Å²) in [5.41, 5.74) is 0. The molecule has 0 unspecified atom stereocenters. The minimum absolute atomic E-state index is 0.408. The zero-order chi connectivity index (χ0) is 7.56. The van der Waals surface area contributed by atoms with Crippen LogP contribution in [0.15, 0.2) is 0 Å². The van der Waals surface area contributed by atoms with Crippen molar-refractivity contribution in [2.24, 2.45) is 5.92 Å². The van der Waals surface area contributed by atoms with Crippen LogP contribution in [-0.2, 0) is 4.74 Å². The summed E-state index contributed by atoms with van der Waals surface area (Å²) in [7, 11) is 0. The van der Waals surface area contributed by atoms with Crippen molar-refractivity contribution in [2.45, 2.75) is 52.2 Å². The van der Waals surface area contributed by atoms with Gasteiger partial charge in [-0.25, -0.2) is 0 Å². The highest BCUT2D eigenvalue weighted by molar-refractivity contribution is 4.74. The topological polar surface area (TPSA) is 9.23 Å². The van der Waals surface area contributed by atoms with E-state index in [4.69, 9.17) is 4.74 Å². The van der Waals surface area contributed by atoms with Crippen molar-refractivity contribution in [3.05, 3.63) is 0 Å². The van der Waals surface area contributed by atoms with E-state index in [9.17, 15) is 0 Å². The molecule has 0 aromatic heterocycles. The molecule has 1 fully saturated rings. The van der Waals surface area contributed by atoms with E-state index in [0.29, 0.717) is 12.2 Å². The molecule has 60 valence electrons. The molecule has 1 nitrogen and oxygen atoms in total. The average Bonchev–Trinajstić information content (AvgIpc) is 2.15. The molecule has 2 atom stereocenters. The lowest BCUT2D eigenvalue weighted by Crippen LogP contribution is -2.19. The van der Waals surface area contributed by atoms with Crippen molar-refractivity contribution in [3.63, 3.8) is 0 Å². The maximum absolute atomic E-state index is 5.72. The SMILES string of the molecule is CC(C)O[C@@H]1CCC[C@H]1C. The van der Waals surface area contributed by atoms with Gasteiger partial charge in [-0.15, -0.1) is 0 Å². The van der Waals surface area contributed by atoms with Gasteiger partial charge in [0, 0.05) is 0 Å². The minimum Gasteiger partial charge on any atom is -0.375 e. The Morgan fingerprint density at radius 3 is 2.40 bits per heavy atom. The van der Waals surface area contributed by atoms with Crippen molar-refractivity contribution in [2.75, 3.05) is 0 Å². The van der Waals surface area contributed by atoms with Gasteiger partial charge < -0.3 is 4.74 Å². The molecule has 0 bridgehead atoms. The molecule has 1 heteroatoms. The first kappa shape index (κ1) is 8.06. The van der Waals surface area contributed by atoms with Crippen LogP contribution in [0.1, 0.15) is 40.0 Å². The van der Waals surface area contributed by atoms with Gasteiger partial charge in [-0.2, -0.15) is 0 Å². The van der Waals surface area contributed by atoms with E-state index in [2.05, 4.69) is 20.8 Å². The maximum Gasteiger partial charge on any atom is 0.0604 e. The van der Waals surface area contributed by atoms with Crippen LogP contribution >= 0.6 is 0 Å². The van der Waals surface area contributed by atoms with Crippen LogP contribution in [0.5, 0.6) is 0 Å². The molecular weight excluding hydrogens is 124 g/mol. The highest BCUT2D eigenvalue weighted by Gasteiger charge is 2.24. The average molecular weight is 142 g/mol. The molecular formula is C9H18O. The Morgan fingerprint density at radius 2 is 2.00 bits per heavy atom. The fourth-order valence-corrected chi connectivity index (χ4v) is 1.66. The first-order chi connectivity index (χ1) is 4.70. The van der Waals surface area contributed by atoms with Gasteiger partial charge in [0.2, 0.25) is 0 Å². The molecule has 0 aliphatic heterocycles. The van der Waals surface area contributed by atoms with Gasteiger partial charge >= 0.3 is 0 Å². The van der Waals surface area contributed by atoms with Gasteiger partial charge in [-0.3, -0.25) is 0 Å². The Hall–Kier alpha value is -0.0400.